The predicted octanol–water partition coefficient (Wildman–Crippen LogP) is 0.0265. The molecule has 0 atom stereocenters. The van der Waals surface area contributed by atoms with E-state index in [2.05, 4.69) is 6.92 Å². The van der Waals surface area contributed by atoms with Crippen LogP contribution in [0.3, 0.4) is 0 Å². The van der Waals surface area contributed by atoms with E-state index in [-0.39, 0.29) is 26.3 Å². The molecular weight excluding hydrogens is 159 g/mol. The van der Waals surface area contributed by atoms with E-state index in [1.54, 1.807) is 0 Å². The third-order valence-electron chi connectivity index (χ3n) is 1.79. The summed E-state index contributed by atoms with van der Waals surface area (Å²) in [6.07, 6.45) is 6.52. The molecule has 74 valence electrons. The molecule has 0 aromatic rings. The van der Waals surface area contributed by atoms with Gasteiger partial charge in [0.1, 0.15) is 0 Å². The Balaban J connectivity index is -0.000000605. The number of esters is 1. The number of rotatable bonds is 7. The Morgan fingerprint density at radius 3 is 2.31 bits per heavy atom. The largest absolute Gasteiger partial charge is 1.00 e. The summed E-state index contributed by atoms with van der Waals surface area (Å²) in [7, 11) is 0. The zero-order valence-corrected chi connectivity index (χ0v) is 9.27. The van der Waals surface area contributed by atoms with Crippen LogP contribution in [-0.2, 0) is 9.53 Å². The molecule has 0 aliphatic carbocycles. The Kier molecular flexibility index (Phi) is 14.4. The van der Waals surface area contributed by atoms with Crippen LogP contribution in [0.5, 0.6) is 0 Å². The van der Waals surface area contributed by atoms with Crippen LogP contribution in [0.4, 0.5) is 0 Å². The summed E-state index contributed by atoms with van der Waals surface area (Å²) in [4.78, 5) is 10.9. The number of hydrogen-bond donors (Lipinski definition) is 0. The van der Waals surface area contributed by atoms with E-state index in [4.69, 9.17) is 4.74 Å². The molecule has 0 unspecified atom stereocenters. The van der Waals surface area contributed by atoms with Gasteiger partial charge in [0.15, 0.2) is 0 Å². The molecule has 0 radical (unpaired) electrons. The van der Waals surface area contributed by atoms with Crippen LogP contribution < -0.4 is 18.9 Å². The second-order valence-corrected chi connectivity index (χ2v) is 2.97. The van der Waals surface area contributed by atoms with Crippen LogP contribution in [0.2, 0.25) is 0 Å². The Hall–Kier alpha value is 0.0674. The summed E-state index contributed by atoms with van der Waals surface area (Å²) in [5, 5.41) is 0. The predicted molar refractivity (Wildman–Crippen MR) is 51.1 cm³/mol. The Morgan fingerprint density at radius 1 is 1.15 bits per heavy atom. The maximum absolute atomic E-state index is 10.9. The van der Waals surface area contributed by atoms with Crippen LogP contribution in [0, 0.1) is 0 Å². The van der Waals surface area contributed by atoms with Gasteiger partial charge in [-0.2, -0.15) is 0 Å². The van der Waals surface area contributed by atoms with Crippen molar-refractivity contribution in [3.63, 3.8) is 0 Å². The van der Waals surface area contributed by atoms with Gasteiger partial charge in [-0.3, -0.25) is 4.79 Å². The SMILES string of the molecule is CCCCCCCC(=O)OCC.[H-].[Li+]. The van der Waals surface area contributed by atoms with Gasteiger partial charge in [-0.15, -0.1) is 0 Å². The molecule has 0 saturated carbocycles. The van der Waals surface area contributed by atoms with Gasteiger partial charge >= 0.3 is 24.8 Å². The fraction of sp³-hybridized carbons (Fsp3) is 0.900. The molecule has 0 amide bonds. The Bertz CT molecular complexity index is 121. The van der Waals surface area contributed by atoms with Gasteiger partial charge in [-0.1, -0.05) is 32.6 Å². The topological polar surface area (TPSA) is 26.3 Å². The Morgan fingerprint density at radius 2 is 1.77 bits per heavy atom. The van der Waals surface area contributed by atoms with Crippen molar-refractivity contribution in [3.8, 4) is 0 Å². The first-order valence-electron chi connectivity index (χ1n) is 4.96. The monoisotopic (exact) mass is 180 g/mol. The first-order valence-corrected chi connectivity index (χ1v) is 4.96. The fourth-order valence-corrected chi connectivity index (χ4v) is 1.11. The third kappa shape index (κ3) is 12.1. The van der Waals surface area contributed by atoms with Crippen molar-refractivity contribution in [2.75, 3.05) is 6.61 Å². The molecule has 0 aromatic carbocycles. The third-order valence-corrected chi connectivity index (χ3v) is 1.79. The molecule has 0 heterocycles. The van der Waals surface area contributed by atoms with E-state index in [0.717, 1.165) is 12.8 Å². The molecule has 13 heavy (non-hydrogen) atoms. The molecule has 0 aromatic heterocycles. The van der Waals surface area contributed by atoms with Crippen molar-refractivity contribution in [3.05, 3.63) is 0 Å². The van der Waals surface area contributed by atoms with Gasteiger partial charge in [0.2, 0.25) is 0 Å². The maximum Gasteiger partial charge on any atom is 1.00 e. The molecule has 2 nitrogen and oxygen atoms in total. The average Bonchev–Trinajstić information content (AvgIpc) is 2.05. The molecular formula is C10H21LiO2. The van der Waals surface area contributed by atoms with Crippen LogP contribution in [0.15, 0.2) is 0 Å². The molecule has 0 bridgehead atoms. The summed E-state index contributed by atoms with van der Waals surface area (Å²) < 4.78 is 4.81. The molecule has 0 spiro atoms. The van der Waals surface area contributed by atoms with E-state index in [9.17, 15) is 4.79 Å². The minimum atomic E-state index is -0.0472. The zero-order chi connectivity index (χ0) is 9.23. The summed E-state index contributed by atoms with van der Waals surface area (Å²) in [6, 6.07) is 0. The minimum Gasteiger partial charge on any atom is -1.00 e. The van der Waals surface area contributed by atoms with Crippen molar-refractivity contribution in [1.82, 2.24) is 0 Å². The minimum absolute atomic E-state index is 0. The van der Waals surface area contributed by atoms with E-state index in [1.165, 1.54) is 19.3 Å². The molecule has 0 aliphatic rings. The molecule has 0 N–H and O–H groups in total. The zero-order valence-electron chi connectivity index (χ0n) is 10.3. The summed E-state index contributed by atoms with van der Waals surface area (Å²) in [6.45, 7) is 4.54. The first-order chi connectivity index (χ1) is 5.81. The first kappa shape index (κ1) is 15.5. The van der Waals surface area contributed by atoms with Gasteiger partial charge in [-0.25, -0.2) is 0 Å². The van der Waals surface area contributed by atoms with Gasteiger partial charge in [0.25, 0.3) is 0 Å². The molecule has 0 fully saturated rings. The average molecular weight is 180 g/mol. The van der Waals surface area contributed by atoms with Crippen molar-refractivity contribution in [2.45, 2.75) is 52.4 Å². The van der Waals surface area contributed by atoms with E-state index < -0.39 is 0 Å². The molecule has 0 rings (SSSR count). The van der Waals surface area contributed by atoms with E-state index >= 15 is 0 Å². The van der Waals surface area contributed by atoms with Crippen LogP contribution in [0.1, 0.15) is 53.8 Å². The molecule has 0 saturated heterocycles. The Labute approximate surface area is 95.1 Å². The van der Waals surface area contributed by atoms with Gasteiger partial charge in [0.05, 0.1) is 6.61 Å². The number of unbranched alkanes of at least 4 members (excludes halogenated alkanes) is 4. The second kappa shape index (κ2) is 12.1. The standard InChI is InChI=1S/C10H20O2.Li.H/c1-3-5-6-7-8-9-10(11)12-4-2;;/h3-9H2,1-2H3;;/q;+1;-1. The molecule has 3 heteroatoms. The van der Waals surface area contributed by atoms with Crippen molar-refractivity contribution < 1.29 is 29.8 Å². The fourth-order valence-electron chi connectivity index (χ4n) is 1.11. The van der Waals surface area contributed by atoms with Gasteiger partial charge in [0, 0.05) is 6.42 Å². The van der Waals surface area contributed by atoms with Crippen molar-refractivity contribution >= 4 is 5.97 Å². The summed E-state index contributed by atoms with van der Waals surface area (Å²) >= 11 is 0. The summed E-state index contributed by atoms with van der Waals surface area (Å²) in [5.41, 5.74) is 0. The number of carbonyl (C=O) groups is 1. The van der Waals surface area contributed by atoms with Crippen LogP contribution in [-0.4, -0.2) is 12.6 Å². The quantitative estimate of drug-likeness (QED) is 0.314. The smallest absolute Gasteiger partial charge is 1.00 e. The summed E-state index contributed by atoms with van der Waals surface area (Å²) in [5.74, 6) is -0.0472. The van der Waals surface area contributed by atoms with E-state index in [0.29, 0.717) is 13.0 Å². The van der Waals surface area contributed by atoms with Gasteiger partial charge in [-0.05, 0) is 13.3 Å². The normalized spacial score (nSPS) is 9.08. The van der Waals surface area contributed by atoms with Crippen molar-refractivity contribution in [1.29, 1.82) is 0 Å². The number of carbonyl (C=O) groups excluding carboxylic acids is 1. The van der Waals surface area contributed by atoms with E-state index in [1.807, 2.05) is 6.92 Å². The number of ether oxygens (including phenoxy) is 1. The van der Waals surface area contributed by atoms with Crippen LogP contribution in [0.25, 0.3) is 0 Å². The number of hydrogen-bond acceptors (Lipinski definition) is 2. The molecule has 0 aliphatic heterocycles. The van der Waals surface area contributed by atoms with Crippen LogP contribution >= 0.6 is 0 Å². The van der Waals surface area contributed by atoms with Gasteiger partial charge < -0.3 is 6.16 Å². The maximum atomic E-state index is 10.9. The van der Waals surface area contributed by atoms with Crippen molar-refractivity contribution in [2.24, 2.45) is 0 Å². The second-order valence-electron chi connectivity index (χ2n) is 2.97.